The zero-order chi connectivity index (χ0) is 11.8. The van der Waals surface area contributed by atoms with Crippen LogP contribution in [0.4, 0.5) is 0 Å². The van der Waals surface area contributed by atoms with Crippen LogP contribution in [0.1, 0.15) is 31.4 Å². The first-order chi connectivity index (χ1) is 7.81. The van der Waals surface area contributed by atoms with Crippen molar-refractivity contribution in [3.8, 4) is 0 Å². The van der Waals surface area contributed by atoms with Crippen molar-refractivity contribution < 1.29 is 0 Å². The Balaban J connectivity index is 2.52. The van der Waals surface area contributed by atoms with Crippen LogP contribution >= 0.6 is 0 Å². The molecule has 1 aromatic carbocycles. The molecule has 0 fully saturated rings. The van der Waals surface area contributed by atoms with E-state index >= 15 is 0 Å². The molecule has 0 heterocycles. The number of benzene rings is 1. The fourth-order valence-corrected chi connectivity index (χ4v) is 2.02. The lowest BCUT2D eigenvalue weighted by atomic mass is 10.0. The van der Waals surface area contributed by atoms with Gasteiger partial charge in [0.1, 0.15) is 0 Å². The van der Waals surface area contributed by atoms with Crippen molar-refractivity contribution in [2.75, 3.05) is 19.6 Å². The second-order valence-electron chi connectivity index (χ2n) is 4.16. The molecule has 0 aliphatic carbocycles. The molecule has 0 saturated carbocycles. The van der Waals surface area contributed by atoms with Crippen molar-refractivity contribution in [1.29, 1.82) is 0 Å². The van der Waals surface area contributed by atoms with E-state index in [1.165, 1.54) is 24.1 Å². The van der Waals surface area contributed by atoms with Crippen LogP contribution in [0.3, 0.4) is 0 Å². The van der Waals surface area contributed by atoms with Gasteiger partial charge in [0.05, 0.1) is 0 Å². The summed E-state index contributed by atoms with van der Waals surface area (Å²) in [5, 5.41) is 0. The molecule has 0 aromatic heterocycles. The second kappa shape index (κ2) is 7.42. The molecule has 0 saturated heterocycles. The van der Waals surface area contributed by atoms with Gasteiger partial charge in [0.2, 0.25) is 0 Å². The fraction of sp³-hybridized carbons (Fsp3) is 0.571. The minimum atomic E-state index is 0.649. The summed E-state index contributed by atoms with van der Waals surface area (Å²) in [5.74, 6) is 0. The fourth-order valence-electron chi connectivity index (χ4n) is 2.02. The molecule has 0 aliphatic heterocycles. The zero-order valence-corrected chi connectivity index (χ0v) is 10.6. The first-order valence-electron chi connectivity index (χ1n) is 6.31. The zero-order valence-electron chi connectivity index (χ0n) is 10.6. The first-order valence-corrected chi connectivity index (χ1v) is 6.31. The molecule has 0 atom stereocenters. The normalized spacial score (nSPS) is 11.0. The van der Waals surface area contributed by atoms with E-state index in [2.05, 4.69) is 43.0 Å². The minimum Gasteiger partial charge on any atom is -0.326 e. The van der Waals surface area contributed by atoms with Crippen molar-refractivity contribution in [3.05, 3.63) is 35.4 Å². The Kier molecular flexibility index (Phi) is 6.12. The molecular formula is C14H24N2. The number of rotatable bonds is 7. The number of hydrogen-bond donors (Lipinski definition) is 1. The van der Waals surface area contributed by atoms with Crippen LogP contribution in [-0.4, -0.2) is 24.5 Å². The Labute approximate surface area is 99.5 Å². The molecular weight excluding hydrogens is 196 g/mol. The standard InChI is InChI=1S/C14H24N2/c1-3-10-16(4-2)11-9-13-7-5-6-8-14(13)12-15/h5-8H,3-4,9-12,15H2,1-2H3. The van der Waals surface area contributed by atoms with Crippen molar-refractivity contribution in [2.24, 2.45) is 5.73 Å². The molecule has 0 spiro atoms. The highest BCUT2D eigenvalue weighted by Crippen LogP contribution is 2.09. The van der Waals surface area contributed by atoms with Crippen LogP contribution in [0.5, 0.6) is 0 Å². The van der Waals surface area contributed by atoms with Gasteiger partial charge in [0, 0.05) is 13.1 Å². The average molecular weight is 220 g/mol. The molecule has 0 aliphatic rings. The van der Waals surface area contributed by atoms with E-state index in [-0.39, 0.29) is 0 Å². The van der Waals surface area contributed by atoms with Crippen molar-refractivity contribution in [2.45, 2.75) is 33.2 Å². The van der Waals surface area contributed by atoms with Gasteiger partial charge in [-0.2, -0.15) is 0 Å². The summed E-state index contributed by atoms with van der Waals surface area (Å²) in [4.78, 5) is 2.49. The maximum atomic E-state index is 5.73. The SMILES string of the molecule is CCCN(CC)CCc1ccccc1CN. The molecule has 1 aromatic rings. The molecule has 2 nitrogen and oxygen atoms in total. The van der Waals surface area contributed by atoms with Gasteiger partial charge in [-0.1, -0.05) is 38.1 Å². The predicted octanol–water partition coefficient (Wildman–Crippen LogP) is 2.42. The number of nitrogens with two attached hydrogens (primary N) is 1. The van der Waals surface area contributed by atoms with Gasteiger partial charge >= 0.3 is 0 Å². The molecule has 0 amide bonds. The van der Waals surface area contributed by atoms with E-state index in [0.717, 1.165) is 19.5 Å². The van der Waals surface area contributed by atoms with E-state index < -0.39 is 0 Å². The lowest BCUT2D eigenvalue weighted by Gasteiger charge is -2.20. The predicted molar refractivity (Wildman–Crippen MR) is 70.4 cm³/mol. The quantitative estimate of drug-likeness (QED) is 0.764. The topological polar surface area (TPSA) is 29.3 Å². The molecule has 16 heavy (non-hydrogen) atoms. The Bertz CT molecular complexity index is 297. The summed E-state index contributed by atoms with van der Waals surface area (Å²) in [6.07, 6.45) is 2.34. The molecule has 2 heteroatoms. The van der Waals surface area contributed by atoms with E-state index in [9.17, 15) is 0 Å². The van der Waals surface area contributed by atoms with Crippen molar-refractivity contribution in [3.63, 3.8) is 0 Å². The maximum Gasteiger partial charge on any atom is 0.0180 e. The highest BCUT2D eigenvalue weighted by atomic mass is 15.1. The molecule has 90 valence electrons. The molecule has 2 N–H and O–H groups in total. The molecule has 1 rings (SSSR count). The van der Waals surface area contributed by atoms with Crippen LogP contribution in [0.2, 0.25) is 0 Å². The third-order valence-electron chi connectivity index (χ3n) is 3.02. The van der Waals surface area contributed by atoms with Gasteiger partial charge in [0.25, 0.3) is 0 Å². The number of hydrogen-bond acceptors (Lipinski definition) is 2. The molecule has 0 unspecified atom stereocenters. The molecule has 0 radical (unpaired) electrons. The van der Waals surface area contributed by atoms with Gasteiger partial charge in [-0.25, -0.2) is 0 Å². The monoisotopic (exact) mass is 220 g/mol. The van der Waals surface area contributed by atoms with Gasteiger partial charge in [-0.15, -0.1) is 0 Å². The summed E-state index contributed by atoms with van der Waals surface area (Å²) in [7, 11) is 0. The van der Waals surface area contributed by atoms with E-state index in [4.69, 9.17) is 5.73 Å². The molecule has 0 bridgehead atoms. The number of nitrogens with zero attached hydrogens (tertiary/aromatic N) is 1. The summed E-state index contributed by atoms with van der Waals surface area (Å²) < 4.78 is 0. The smallest absolute Gasteiger partial charge is 0.0180 e. The lowest BCUT2D eigenvalue weighted by molar-refractivity contribution is 0.292. The first kappa shape index (κ1) is 13.2. The second-order valence-corrected chi connectivity index (χ2v) is 4.16. The van der Waals surface area contributed by atoms with Crippen molar-refractivity contribution in [1.82, 2.24) is 4.90 Å². The highest BCUT2D eigenvalue weighted by Gasteiger charge is 2.04. The Morgan fingerprint density at radius 1 is 1.06 bits per heavy atom. The summed E-state index contributed by atoms with van der Waals surface area (Å²) in [6.45, 7) is 8.58. The Hall–Kier alpha value is -0.860. The third-order valence-corrected chi connectivity index (χ3v) is 3.02. The Morgan fingerprint density at radius 2 is 1.75 bits per heavy atom. The lowest BCUT2D eigenvalue weighted by Crippen LogP contribution is -2.26. The van der Waals surface area contributed by atoms with Crippen LogP contribution < -0.4 is 5.73 Å². The minimum absolute atomic E-state index is 0.649. The van der Waals surface area contributed by atoms with Gasteiger partial charge in [0.15, 0.2) is 0 Å². The van der Waals surface area contributed by atoms with Crippen LogP contribution in [-0.2, 0) is 13.0 Å². The summed E-state index contributed by atoms with van der Waals surface area (Å²) >= 11 is 0. The van der Waals surface area contributed by atoms with Gasteiger partial charge < -0.3 is 10.6 Å². The summed E-state index contributed by atoms with van der Waals surface area (Å²) in [6, 6.07) is 8.49. The highest BCUT2D eigenvalue weighted by molar-refractivity contribution is 5.27. The third kappa shape index (κ3) is 3.95. The number of likely N-dealkylation sites (N-methyl/N-ethyl adjacent to an activating group) is 1. The van der Waals surface area contributed by atoms with Crippen molar-refractivity contribution >= 4 is 0 Å². The Morgan fingerprint density at radius 3 is 2.31 bits per heavy atom. The summed E-state index contributed by atoms with van der Waals surface area (Å²) in [5.41, 5.74) is 8.42. The van der Waals surface area contributed by atoms with E-state index in [1.54, 1.807) is 0 Å². The van der Waals surface area contributed by atoms with E-state index in [1.807, 2.05) is 0 Å². The van der Waals surface area contributed by atoms with Gasteiger partial charge in [-0.05, 0) is 37.1 Å². The van der Waals surface area contributed by atoms with Crippen LogP contribution in [0.15, 0.2) is 24.3 Å². The van der Waals surface area contributed by atoms with Crippen LogP contribution in [0, 0.1) is 0 Å². The van der Waals surface area contributed by atoms with E-state index in [0.29, 0.717) is 6.54 Å². The maximum absolute atomic E-state index is 5.73. The van der Waals surface area contributed by atoms with Gasteiger partial charge in [-0.3, -0.25) is 0 Å². The van der Waals surface area contributed by atoms with Crippen LogP contribution in [0.25, 0.3) is 0 Å². The average Bonchev–Trinajstić information content (AvgIpc) is 2.34. The largest absolute Gasteiger partial charge is 0.326 e.